The van der Waals surface area contributed by atoms with E-state index in [1.807, 2.05) is 24.3 Å². The van der Waals surface area contributed by atoms with E-state index in [1.165, 1.54) is 0 Å². The first-order valence-electron chi connectivity index (χ1n) is 10.9. The minimum atomic E-state index is -0.0931. The minimum Gasteiger partial charge on any atom is -0.507 e. The lowest BCUT2D eigenvalue weighted by atomic mass is 10.0. The van der Waals surface area contributed by atoms with Crippen molar-refractivity contribution in [2.45, 2.75) is 41.2 Å². The zero-order valence-electron chi connectivity index (χ0n) is 19.4. The third kappa shape index (κ3) is 5.10. The van der Waals surface area contributed by atoms with Gasteiger partial charge in [0.25, 0.3) is 0 Å². The van der Waals surface area contributed by atoms with Crippen LogP contribution in [0, 0.1) is 18.8 Å². The maximum Gasteiger partial charge on any atom is 0.200 e. The summed E-state index contributed by atoms with van der Waals surface area (Å²) < 4.78 is 11.4. The van der Waals surface area contributed by atoms with Crippen LogP contribution in [0.1, 0.15) is 39.0 Å². The Bertz CT molecular complexity index is 1090. The van der Waals surface area contributed by atoms with Crippen molar-refractivity contribution >= 4 is 11.0 Å². The Morgan fingerprint density at radius 2 is 1.61 bits per heavy atom. The van der Waals surface area contributed by atoms with Crippen molar-refractivity contribution < 1.29 is 14.3 Å². The van der Waals surface area contributed by atoms with E-state index in [9.17, 15) is 9.90 Å². The highest BCUT2D eigenvalue weighted by molar-refractivity contribution is 5.86. The van der Waals surface area contributed by atoms with Crippen molar-refractivity contribution in [2.24, 2.45) is 11.8 Å². The van der Waals surface area contributed by atoms with Crippen LogP contribution in [0.3, 0.4) is 0 Å². The normalized spacial score (nSPS) is 11.8. The molecule has 1 heterocycles. The predicted octanol–water partition coefficient (Wildman–Crippen LogP) is 5.60. The average Bonchev–Trinajstić information content (AvgIpc) is 2.69. The van der Waals surface area contributed by atoms with Gasteiger partial charge in [0.2, 0.25) is 5.43 Å². The largest absolute Gasteiger partial charge is 0.507 e. The van der Waals surface area contributed by atoms with Crippen molar-refractivity contribution in [1.29, 1.82) is 0 Å². The molecule has 1 aromatic heterocycles. The molecule has 0 saturated carbocycles. The van der Waals surface area contributed by atoms with E-state index >= 15 is 0 Å². The molecular weight excluding hydrogens is 390 g/mol. The Kier molecular flexibility index (Phi) is 7.06. The summed E-state index contributed by atoms with van der Waals surface area (Å²) in [6.45, 7) is 12.9. The number of phenolic OH excluding ortho intramolecular Hbond substituents is 1. The van der Waals surface area contributed by atoms with Crippen LogP contribution in [-0.4, -0.2) is 30.2 Å². The van der Waals surface area contributed by atoms with Gasteiger partial charge in [0.1, 0.15) is 22.8 Å². The second-order valence-electron chi connectivity index (χ2n) is 9.01. The Morgan fingerprint density at radius 1 is 1.00 bits per heavy atom. The maximum atomic E-state index is 13.4. The fourth-order valence-corrected chi connectivity index (χ4v) is 4.12. The number of hydrogen-bond donors (Lipinski definition) is 1. The Balaban J connectivity index is 2.12. The van der Waals surface area contributed by atoms with Crippen molar-refractivity contribution in [1.82, 2.24) is 4.90 Å². The van der Waals surface area contributed by atoms with Gasteiger partial charge < -0.3 is 14.3 Å². The van der Waals surface area contributed by atoms with E-state index < -0.39 is 0 Å². The molecule has 0 aliphatic carbocycles. The first-order valence-corrected chi connectivity index (χ1v) is 10.9. The van der Waals surface area contributed by atoms with Gasteiger partial charge in [-0.2, -0.15) is 0 Å². The molecule has 0 spiro atoms. The monoisotopic (exact) mass is 423 g/mol. The third-order valence-electron chi connectivity index (χ3n) is 5.32. The number of fused-ring (bicyclic) bond motifs is 1. The predicted molar refractivity (Wildman–Crippen MR) is 126 cm³/mol. The van der Waals surface area contributed by atoms with Gasteiger partial charge in [-0.15, -0.1) is 0 Å². The molecule has 0 fully saturated rings. The van der Waals surface area contributed by atoms with E-state index in [1.54, 1.807) is 26.2 Å². The van der Waals surface area contributed by atoms with E-state index in [0.717, 1.165) is 24.4 Å². The summed E-state index contributed by atoms with van der Waals surface area (Å²) in [5, 5.41) is 11.1. The van der Waals surface area contributed by atoms with Crippen LogP contribution in [0.2, 0.25) is 0 Å². The molecule has 3 rings (SSSR count). The van der Waals surface area contributed by atoms with Crippen molar-refractivity contribution in [3.8, 4) is 22.6 Å². The number of hydrogen-bond acceptors (Lipinski definition) is 5. The Morgan fingerprint density at radius 3 is 2.16 bits per heavy atom. The summed E-state index contributed by atoms with van der Waals surface area (Å²) in [7, 11) is 1.61. The molecular formula is C26H33NO4. The van der Waals surface area contributed by atoms with Gasteiger partial charge in [-0.1, -0.05) is 39.8 Å². The maximum absolute atomic E-state index is 13.4. The quantitative estimate of drug-likeness (QED) is 0.511. The molecule has 0 amide bonds. The summed E-state index contributed by atoms with van der Waals surface area (Å²) >= 11 is 0. The molecule has 166 valence electrons. The Labute approximate surface area is 184 Å². The molecule has 0 saturated heterocycles. The van der Waals surface area contributed by atoms with Gasteiger partial charge in [-0.05, 0) is 48.6 Å². The zero-order valence-corrected chi connectivity index (χ0v) is 19.4. The average molecular weight is 424 g/mol. The first kappa shape index (κ1) is 22.9. The summed E-state index contributed by atoms with van der Waals surface area (Å²) in [4.78, 5) is 15.7. The van der Waals surface area contributed by atoms with E-state index in [0.29, 0.717) is 46.2 Å². The third-order valence-corrected chi connectivity index (χ3v) is 5.32. The van der Waals surface area contributed by atoms with Gasteiger partial charge in [-0.25, -0.2) is 0 Å². The highest BCUT2D eigenvalue weighted by Gasteiger charge is 2.20. The van der Waals surface area contributed by atoms with Crippen LogP contribution < -0.4 is 10.2 Å². The second-order valence-corrected chi connectivity index (χ2v) is 9.01. The lowest BCUT2D eigenvalue weighted by molar-refractivity contribution is 0.209. The van der Waals surface area contributed by atoms with Crippen molar-refractivity contribution in [2.75, 3.05) is 20.2 Å². The topological polar surface area (TPSA) is 62.9 Å². The van der Waals surface area contributed by atoms with Gasteiger partial charge >= 0.3 is 0 Å². The van der Waals surface area contributed by atoms with E-state index in [-0.39, 0.29) is 11.2 Å². The summed E-state index contributed by atoms with van der Waals surface area (Å²) in [6, 6.07) is 10.6. The number of phenols is 1. The van der Waals surface area contributed by atoms with Gasteiger partial charge in [0.05, 0.1) is 23.6 Å². The molecule has 5 heteroatoms. The standard InChI is InChI=1S/C26H33NO4/c1-16(2)13-27(14-17(3)4)15-22-23(28)12-11-21-25(29)24(18(5)31-26(21)22)19-7-9-20(30-6)10-8-19/h7-12,16-17,28H,13-15H2,1-6H3. The number of aromatic hydroxyl groups is 1. The highest BCUT2D eigenvalue weighted by atomic mass is 16.5. The molecule has 5 nitrogen and oxygen atoms in total. The van der Waals surface area contributed by atoms with Crippen LogP contribution >= 0.6 is 0 Å². The summed E-state index contributed by atoms with van der Waals surface area (Å²) in [5.41, 5.74) is 2.36. The fourth-order valence-electron chi connectivity index (χ4n) is 4.12. The van der Waals surface area contributed by atoms with Crippen molar-refractivity contribution in [3.05, 3.63) is 57.9 Å². The molecule has 2 aromatic carbocycles. The number of nitrogens with zero attached hydrogens (tertiary/aromatic N) is 1. The van der Waals surface area contributed by atoms with Crippen molar-refractivity contribution in [3.63, 3.8) is 0 Å². The molecule has 0 aliphatic heterocycles. The number of rotatable bonds is 8. The van der Waals surface area contributed by atoms with Crippen LogP contribution in [-0.2, 0) is 6.54 Å². The molecule has 0 atom stereocenters. The number of methoxy groups -OCH3 is 1. The number of ether oxygens (including phenoxy) is 1. The van der Waals surface area contributed by atoms with Gasteiger partial charge in [0, 0.05) is 19.6 Å². The first-order chi connectivity index (χ1) is 14.7. The van der Waals surface area contributed by atoms with Gasteiger partial charge in [0.15, 0.2) is 0 Å². The number of benzene rings is 2. The van der Waals surface area contributed by atoms with E-state index in [4.69, 9.17) is 9.15 Å². The zero-order chi connectivity index (χ0) is 22.7. The minimum absolute atomic E-state index is 0.0931. The van der Waals surface area contributed by atoms with Crippen LogP contribution in [0.5, 0.6) is 11.5 Å². The molecule has 0 aliphatic rings. The Hall–Kier alpha value is -2.79. The molecule has 3 aromatic rings. The van der Waals surface area contributed by atoms with E-state index in [2.05, 4.69) is 32.6 Å². The molecule has 0 radical (unpaired) electrons. The van der Waals surface area contributed by atoms with Gasteiger partial charge in [-0.3, -0.25) is 9.69 Å². The smallest absolute Gasteiger partial charge is 0.200 e. The lowest BCUT2D eigenvalue weighted by Crippen LogP contribution is -2.31. The van der Waals surface area contributed by atoms with Crippen LogP contribution in [0.4, 0.5) is 0 Å². The molecule has 0 unspecified atom stereocenters. The summed E-state index contributed by atoms with van der Waals surface area (Å²) in [5.74, 6) is 2.41. The highest BCUT2D eigenvalue weighted by Crippen LogP contribution is 2.32. The SMILES string of the molecule is COc1ccc(-c2c(C)oc3c(CN(CC(C)C)CC(C)C)c(O)ccc3c2=O)cc1. The van der Waals surface area contributed by atoms with Crippen LogP contribution in [0.25, 0.3) is 22.1 Å². The number of aryl methyl sites for hydroxylation is 1. The second kappa shape index (κ2) is 9.56. The van der Waals surface area contributed by atoms with Crippen LogP contribution in [0.15, 0.2) is 45.6 Å². The summed E-state index contributed by atoms with van der Waals surface area (Å²) in [6.07, 6.45) is 0. The molecule has 1 N–H and O–H groups in total. The molecule has 0 bridgehead atoms. The fraction of sp³-hybridized carbons (Fsp3) is 0.423. The lowest BCUT2D eigenvalue weighted by Gasteiger charge is -2.26. The molecule has 31 heavy (non-hydrogen) atoms.